The van der Waals surface area contributed by atoms with Gasteiger partial charge in [-0.05, 0) is 31.1 Å². The molecule has 11 heavy (non-hydrogen) atoms. The lowest BCUT2D eigenvalue weighted by Gasteiger charge is -2.20. The van der Waals surface area contributed by atoms with E-state index in [2.05, 4.69) is 13.8 Å². The van der Waals surface area contributed by atoms with Crippen LogP contribution in [0, 0.1) is 5.41 Å². The maximum absolute atomic E-state index is 9.77. The van der Waals surface area contributed by atoms with E-state index in [9.17, 15) is 5.11 Å². The van der Waals surface area contributed by atoms with Crippen molar-refractivity contribution >= 4 is 0 Å². The number of aliphatic hydroxyl groups excluding tert-OH is 1. The van der Waals surface area contributed by atoms with Crippen molar-refractivity contribution in [2.45, 2.75) is 58.5 Å². The van der Waals surface area contributed by atoms with Gasteiger partial charge in [-0.15, -0.1) is 0 Å². The van der Waals surface area contributed by atoms with Crippen LogP contribution in [0.5, 0.6) is 0 Å². The fraction of sp³-hybridized carbons (Fsp3) is 1.00. The van der Waals surface area contributed by atoms with Crippen LogP contribution in [0.4, 0.5) is 0 Å². The second kappa shape index (κ2) is 3.57. The molecule has 0 heterocycles. The fourth-order valence-corrected chi connectivity index (χ4v) is 1.99. The molecular weight excluding hydrogens is 136 g/mol. The molecule has 1 rings (SSSR count). The largest absolute Gasteiger partial charge is 0.393 e. The van der Waals surface area contributed by atoms with Gasteiger partial charge in [0.1, 0.15) is 0 Å². The van der Waals surface area contributed by atoms with Gasteiger partial charge in [0.15, 0.2) is 0 Å². The van der Waals surface area contributed by atoms with E-state index in [1.807, 2.05) is 0 Å². The lowest BCUT2D eigenvalue weighted by Crippen LogP contribution is -2.21. The number of rotatable bonds is 5. The predicted octanol–water partition coefficient (Wildman–Crippen LogP) is 2.73. The SMILES string of the molecule is CCCC(O)C1(CCC)CC1. The van der Waals surface area contributed by atoms with Crippen molar-refractivity contribution in [1.29, 1.82) is 0 Å². The van der Waals surface area contributed by atoms with Gasteiger partial charge in [-0.25, -0.2) is 0 Å². The molecular formula is C10H20O. The van der Waals surface area contributed by atoms with Gasteiger partial charge in [0, 0.05) is 0 Å². The molecule has 66 valence electrons. The summed E-state index contributed by atoms with van der Waals surface area (Å²) in [6, 6.07) is 0. The standard InChI is InChI=1S/C10H20O/c1-3-5-9(11)10(6-4-2)7-8-10/h9,11H,3-8H2,1-2H3. The summed E-state index contributed by atoms with van der Waals surface area (Å²) in [5.74, 6) is 0. The van der Waals surface area contributed by atoms with Gasteiger partial charge in [0.25, 0.3) is 0 Å². The minimum absolute atomic E-state index is 0.00699. The summed E-state index contributed by atoms with van der Waals surface area (Å²) >= 11 is 0. The Hall–Kier alpha value is -0.0400. The molecule has 0 aromatic carbocycles. The molecule has 1 unspecified atom stereocenters. The van der Waals surface area contributed by atoms with Gasteiger partial charge in [-0.2, -0.15) is 0 Å². The highest BCUT2D eigenvalue weighted by Gasteiger charge is 2.46. The second-order valence-corrected chi connectivity index (χ2v) is 3.92. The van der Waals surface area contributed by atoms with E-state index in [-0.39, 0.29) is 6.10 Å². The molecule has 0 aromatic heterocycles. The Morgan fingerprint density at radius 2 is 1.91 bits per heavy atom. The van der Waals surface area contributed by atoms with Crippen LogP contribution >= 0.6 is 0 Å². The summed E-state index contributed by atoms with van der Waals surface area (Å²) in [5.41, 5.74) is 0.366. The summed E-state index contributed by atoms with van der Waals surface area (Å²) in [7, 11) is 0. The lowest BCUT2D eigenvalue weighted by molar-refractivity contribution is 0.0777. The van der Waals surface area contributed by atoms with Crippen LogP contribution in [0.15, 0.2) is 0 Å². The Bertz CT molecular complexity index is 116. The molecule has 1 N–H and O–H groups in total. The molecule has 0 radical (unpaired) electrons. The van der Waals surface area contributed by atoms with Gasteiger partial charge in [0.05, 0.1) is 6.10 Å². The van der Waals surface area contributed by atoms with Gasteiger partial charge >= 0.3 is 0 Å². The zero-order valence-corrected chi connectivity index (χ0v) is 7.77. The third kappa shape index (κ3) is 1.96. The molecule has 0 spiro atoms. The molecule has 1 fully saturated rings. The zero-order valence-electron chi connectivity index (χ0n) is 7.77. The van der Waals surface area contributed by atoms with E-state index in [0.717, 1.165) is 12.8 Å². The van der Waals surface area contributed by atoms with Gasteiger partial charge in [0.2, 0.25) is 0 Å². The average Bonchev–Trinajstić information content (AvgIpc) is 2.71. The monoisotopic (exact) mass is 156 g/mol. The van der Waals surface area contributed by atoms with Crippen LogP contribution in [-0.2, 0) is 0 Å². The predicted molar refractivity (Wildman–Crippen MR) is 47.5 cm³/mol. The molecule has 0 aliphatic heterocycles. The van der Waals surface area contributed by atoms with Gasteiger partial charge < -0.3 is 5.11 Å². The third-order valence-electron chi connectivity index (χ3n) is 2.91. The molecule has 1 aliphatic rings. The van der Waals surface area contributed by atoms with E-state index in [1.54, 1.807) is 0 Å². The van der Waals surface area contributed by atoms with Crippen LogP contribution in [0.3, 0.4) is 0 Å². The van der Waals surface area contributed by atoms with Crippen LogP contribution < -0.4 is 0 Å². The maximum atomic E-state index is 9.77. The van der Waals surface area contributed by atoms with Crippen molar-refractivity contribution in [3.05, 3.63) is 0 Å². The first-order chi connectivity index (χ1) is 5.25. The summed E-state index contributed by atoms with van der Waals surface area (Å²) < 4.78 is 0. The van der Waals surface area contributed by atoms with Crippen molar-refractivity contribution in [3.8, 4) is 0 Å². The Morgan fingerprint density at radius 1 is 1.27 bits per heavy atom. The van der Waals surface area contributed by atoms with Crippen LogP contribution in [-0.4, -0.2) is 11.2 Å². The van der Waals surface area contributed by atoms with Crippen molar-refractivity contribution in [2.24, 2.45) is 5.41 Å². The minimum atomic E-state index is -0.00699. The van der Waals surface area contributed by atoms with E-state index >= 15 is 0 Å². The second-order valence-electron chi connectivity index (χ2n) is 3.92. The minimum Gasteiger partial charge on any atom is -0.393 e. The molecule has 1 aliphatic carbocycles. The first-order valence-corrected chi connectivity index (χ1v) is 4.93. The normalized spacial score (nSPS) is 23.2. The highest BCUT2D eigenvalue weighted by atomic mass is 16.3. The van der Waals surface area contributed by atoms with Crippen LogP contribution in [0.25, 0.3) is 0 Å². The van der Waals surface area contributed by atoms with E-state index in [0.29, 0.717) is 5.41 Å². The molecule has 0 bridgehead atoms. The highest BCUT2D eigenvalue weighted by Crippen LogP contribution is 2.53. The number of aliphatic hydroxyl groups is 1. The summed E-state index contributed by atoms with van der Waals surface area (Å²) in [6.45, 7) is 4.35. The molecule has 0 amide bonds. The number of hydrogen-bond acceptors (Lipinski definition) is 1. The smallest absolute Gasteiger partial charge is 0.0596 e. The maximum Gasteiger partial charge on any atom is 0.0596 e. The Kier molecular flexibility index (Phi) is 2.94. The van der Waals surface area contributed by atoms with E-state index < -0.39 is 0 Å². The molecule has 1 heteroatoms. The summed E-state index contributed by atoms with van der Waals surface area (Å²) in [4.78, 5) is 0. The zero-order chi connectivity index (χ0) is 8.32. The molecule has 1 saturated carbocycles. The van der Waals surface area contributed by atoms with Crippen LogP contribution in [0.1, 0.15) is 52.4 Å². The third-order valence-corrected chi connectivity index (χ3v) is 2.91. The van der Waals surface area contributed by atoms with Crippen molar-refractivity contribution in [2.75, 3.05) is 0 Å². The molecule has 0 aromatic rings. The van der Waals surface area contributed by atoms with Gasteiger partial charge in [-0.1, -0.05) is 26.7 Å². The lowest BCUT2D eigenvalue weighted by atomic mass is 9.91. The van der Waals surface area contributed by atoms with Crippen molar-refractivity contribution in [3.63, 3.8) is 0 Å². The Morgan fingerprint density at radius 3 is 2.27 bits per heavy atom. The summed E-state index contributed by atoms with van der Waals surface area (Å²) in [5, 5.41) is 9.77. The highest BCUT2D eigenvalue weighted by molar-refractivity contribution is 4.97. The fourth-order valence-electron chi connectivity index (χ4n) is 1.99. The molecule has 0 saturated heterocycles. The molecule has 1 atom stereocenters. The first-order valence-electron chi connectivity index (χ1n) is 4.93. The quantitative estimate of drug-likeness (QED) is 0.649. The van der Waals surface area contributed by atoms with E-state index in [1.165, 1.54) is 25.7 Å². The van der Waals surface area contributed by atoms with Crippen LogP contribution in [0.2, 0.25) is 0 Å². The topological polar surface area (TPSA) is 20.2 Å². The van der Waals surface area contributed by atoms with Gasteiger partial charge in [-0.3, -0.25) is 0 Å². The summed E-state index contributed by atoms with van der Waals surface area (Å²) in [6.07, 6.45) is 7.10. The Labute approximate surface area is 69.8 Å². The molecule has 1 nitrogen and oxygen atoms in total. The average molecular weight is 156 g/mol. The number of hydrogen-bond donors (Lipinski definition) is 1. The van der Waals surface area contributed by atoms with Crippen molar-refractivity contribution in [1.82, 2.24) is 0 Å². The van der Waals surface area contributed by atoms with Crippen molar-refractivity contribution < 1.29 is 5.11 Å². The Balaban J connectivity index is 2.31. The van der Waals surface area contributed by atoms with E-state index in [4.69, 9.17) is 0 Å². The first kappa shape index (κ1) is 9.05.